The second-order valence-electron chi connectivity index (χ2n) is 3.80. The minimum absolute atomic E-state index is 0.0659. The van der Waals surface area contributed by atoms with E-state index in [1.807, 2.05) is 6.92 Å². The number of ketones is 1. The van der Waals surface area contributed by atoms with E-state index in [-0.39, 0.29) is 22.8 Å². The van der Waals surface area contributed by atoms with E-state index in [2.05, 4.69) is 15.9 Å². The van der Waals surface area contributed by atoms with E-state index in [1.54, 1.807) is 12.1 Å². The van der Waals surface area contributed by atoms with Crippen molar-refractivity contribution in [3.05, 3.63) is 51.6 Å². The molecule has 0 aliphatic carbocycles. The van der Waals surface area contributed by atoms with E-state index in [9.17, 15) is 9.18 Å². The monoisotopic (exact) mass is 311 g/mol. The topological polar surface area (TPSA) is 56.2 Å². The molecule has 0 amide bonds. The van der Waals surface area contributed by atoms with Crippen molar-refractivity contribution in [2.45, 2.75) is 13.3 Å². The van der Waals surface area contributed by atoms with E-state index >= 15 is 0 Å². The molecule has 0 bridgehead atoms. The molecule has 2 rings (SSSR count). The fraction of sp³-hybridized carbons (Fsp3) is 0.154. The van der Waals surface area contributed by atoms with Crippen molar-refractivity contribution in [2.24, 2.45) is 0 Å². The van der Waals surface area contributed by atoms with Crippen LogP contribution < -0.4 is 5.73 Å². The van der Waals surface area contributed by atoms with Gasteiger partial charge in [0.05, 0.1) is 5.69 Å². The van der Waals surface area contributed by atoms with Crippen molar-refractivity contribution >= 4 is 27.4 Å². The molecule has 1 aromatic heterocycles. The van der Waals surface area contributed by atoms with Gasteiger partial charge in [-0.05, 0) is 40.2 Å². The number of nitrogens with two attached hydrogens (primary N) is 1. The molecule has 0 saturated heterocycles. The maximum atomic E-state index is 13.2. The van der Waals surface area contributed by atoms with E-state index in [1.165, 1.54) is 12.1 Å². The lowest BCUT2D eigenvalue weighted by atomic mass is 10.1. The Morgan fingerprint density at radius 2 is 2.17 bits per heavy atom. The Kier molecular flexibility index (Phi) is 3.52. The number of furan rings is 1. The number of benzene rings is 1. The zero-order valence-electron chi connectivity index (χ0n) is 9.67. The van der Waals surface area contributed by atoms with Gasteiger partial charge in [-0.25, -0.2) is 4.39 Å². The predicted octanol–water partition coefficient (Wildman–Crippen LogP) is 3.56. The van der Waals surface area contributed by atoms with E-state index in [0.29, 0.717) is 10.9 Å². The first kappa shape index (κ1) is 12.8. The van der Waals surface area contributed by atoms with Gasteiger partial charge >= 0.3 is 0 Å². The summed E-state index contributed by atoms with van der Waals surface area (Å²) >= 11 is 3.14. The van der Waals surface area contributed by atoms with Crippen molar-refractivity contribution in [3.63, 3.8) is 0 Å². The first-order chi connectivity index (χ1) is 8.52. The highest BCUT2D eigenvalue weighted by atomic mass is 79.9. The van der Waals surface area contributed by atoms with Crippen LogP contribution in [0.5, 0.6) is 0 Å². The average molecular weight is 312 g/mol. The molecule has 0 atom stereocenters. The zero-order chi connectivity index (χ0) is 13.3. The quantitative estimate of drug-likeness (QED) is 0.696. The van der Waals surface area contributed by atoms with Crippen LogP contribution >= 0.6 is 15.9 Å². The van der Waals surface area contributed by atoms with Crippen LogP contribution in [-0.2, 0) is 6.42 Å². The van der Waals surface area contributed by atoms with Crippen LogP contribution in [0.2, 0.25) is 0 Å². The van der Waals surface area contributed by atoms with Gasteiger partial charge in [-0.1, -0.05) is 6.92 Å². The summed E-state index contributed by atoms with van der Waals surface area (Å²) in [6, 6.07) is 5.82. The SMILES string of the molecule is CCc1ccc(C(=O)c2cc(N)c(F)cc2Br)o1. The number of anilines is 1. The molecule has 2 N–H and O–H groups in total. The standard InChI is InChI=1S/C13H11BrFNO2/c1-2-7-3-4-12(18-7)13(17)8-5-11(16)10(15)6-9(8)14/h3-6H,2,16H2,1H3. The summed E-state index contributed by atoms with van der Waals surface area (Å²) in [5, 5.41) is 0. The lowest BCUT2D eigenvalue weighted by Gasteiger charge is -2.04. The largest absolute Gasteiger partial charge is 0.458 e. The number of hydrogen-bond donors (Lipinski definition) is 1. The smallest absolute Gasteiger partial charge is 0.229 e. The third-order valence-electron chi connectivity index (χ3n) is 2.56. The molecule has 0 unspecified atom stereocenters. The molecule has 0 radical (unpaired) electrons. The lowest BCUT2D eigenvalue weighted by molar-refractivity contribution is 0.101. The van der Waals surface area contributed by atoms with Crippen molar-refractivity contribution in [3.8, 4) is 0 Å². The Labute approximate surface area is 112 Å². The highest BCUT2D eigenvalue weighted by Crippen LogP contribution is 2.25. The second kappa shape index (κ2) is 4.94. The van der Waals surface area contributed by atoms with E-state index in [4.69, 9.17) is 10.2 Å². The molecule has 0 saturated carbocycles. The normalized spacial score (nSPS) is 10.6. The highest BCUT2D eigenvalue weighted by molar-refractivity contribution is 9.10. The Morgan fingerprint density at radius 3 is 2.78 bits per heavy atom. The Bertz CT molecular complexity index is 607. The van der Waals surface area contributed by atoms with Gasteiger partial charge in [0.2, 0.25) is 5.78 Å². The number of halogens is 2. The Morgan fingerprint density at radius 1 is 1.44 bits per heavy atom. The maximum Gasteiger partial charge on any atom is 0.229 e. The summed E-state index contributed by atoms with van der Waals surface area (Å²) in [5.41, 5.74) is 5.68. The minimum Gasteiger partial charge on any atom is -0.458 e. The number of rotatable bonds is 3. The molecule has 2 aromatic rings. The fourth-order valence-electron chi connectivity index (χ4n) is 1.56. The van der Waals surface area contributed by atoms with Crippen LogP contribution in [0.3, 0.4) is 0 Å². The highest BCUT2D eigenvalue weighted by Gasteiger charge is 2.18. The molecule has 5 heteroatoms. The summed E-state index contributed by atoms with van der Waals surface area (Å²) < 4.78 is 18.9. The van der Waals surface area contributed by atoms with Crippen LogP contribution in [0, 0.1) is 5.82 Å². The van der Waals surface area contributed by atoms with E-state index < -0.39 is 5.82 Å². The van der Waals surface area contributed by atoms with Crippen LogP contribution in [0.4, 0.5) is 10.1 Å². The van der Waals surface area contributed by atoms with Crippen LogP contribution in [0.1, 0.15) is 28.8 Å². The number of hydrogen-bond acceptors (Lipinski definition) is 3. The van der Waals surface area contributed by atoms with Crippen molar-refractivity contribution < 1.29 is 13.6 Å². The summed E-state index contributed by atoms with van der Waals surface area (Å²) in [6.45, 7) is 1.93. The minimum atomic E-state index is -0.563. The molecule has 0 aliphatic rings. The number of aryl methyl sites for hydroxylation is 1. The van der Waals surface area contributed by atoms with Gasteiger partial charge in [-0.2, -0.15) is 0 Å². The molecule has 1 aromatic carbocycles. The molecule has 94 valence electrons. The van der Waals surface area contributed by atoms with Gasteiger partial charge in [-0.3, -0.25) is 4.79 Å². The average Bonchev–Trinajstić information content (AvgIpc) is 2.81. The third-order valence-corrected chi connectivity index (χ3v) is 3.22. The summed E-state index contributed by atoms with van der Waals surface area (Å²) in [4.78, 5) is 12.2. The molecule has 1 heterocycles. The number of nitrogen functional groups attached to an aromatic ring is 1. The predicted molar refractivity (Wildman–Crippen MR) is 70.0 cm³/mol. The molecular formula is C13H11BrFNO2. The van der Waals surface area contributed by atoms with Crippen LogP contribution in [0.25, 0.3) is 0 Å². The Hall–Kier alpha value is -1.62. The summed E-state index contributed by atoms with van der Waals surface area (Å²) in [6.07, 6.45) is 0.708. The van der Waals surface area contributed by atoms with E-state index in [0.717, 1.165) is 5.76 Å². The van der Waals surface area contributed by atoms with Crippen molar-refractivity contribution in [1.82, 2.24) is 0 Å². The van der Waals surface area contributed by atoms with Gasteiger partial charge in [-0.15, -0.1) is 0 Å². The molecule has 0 aliphatic heterocycles. The summed E-state index contributed by atoms with van der Waals surface area (Å²) in [7, 11) is 0. The second-order valence-corrected chi connectivity index (χ2v) is 4.66. The lowest BCUT2D eigenvalue weighted by Crippen LogP contribution is -2.03. The molecule has 3 nitrogen and oxygen atoms in total. The number of carbonyl (C=O) groups is 1. The van der Waals surface area contributed by atoms with Gasteiger partial charge in [0.15, 0.2) is 5.76 Å². The Balaban J connectivity index is 2.42. The van der Waals surface area contributed by atoms with Gasteiger partial charge in [0, 0.05) is 16.5 Å². The molecule has 0 spiro atoms. The van der Waals surface area contributed by atoms with Crippen LogP contribution in [-0.4, -0.2) is 5.78 Å². The third kappa shape index (κ3) is 2.31. The summed E-state index contributed by atoms with van der Waals surface area (Å²) in [5.74, 6) is 0.0588. The van der Waals surface area contributed by atoms with Gasteiger partial charge < -0.3 is 10.2 Å². The zero-order valence-corrected chi connectivity index (χ0v) is 11.3. The van der Waals surface area contributed by atoms with Gasteiger partial charge in [0.25, 0.3) is 0 Å². The first-order valence-corrected chi connectivity index (χ1v) is 6.20. The maximum absolute atomic E-state index is 13.2. The molecular weight excluding hydrogens is 301 g/mol. The molecule has 18 heavy (non-hydrogen) atoms. The van der Waals surface area contributed by atoms with Crippen molar-refractivity contribution in [2.75, 3.05) is 5.73 Å². The number of carbonyl (C=O) groups excluding carboxylic acids is 1. The van der Waals surface area contributed by atoms with Crippen molar-refractivity contribution in [1.29, 1.82) is 0 Å². The van der Waals surface area contributed by atoms with Crippen LogP contribution in [0.15, 0.2) is 33.2 Å². The first-order valence-electron chi connectivity index (χ1n) is 5.41. The fourth-order valence-corrected chi connectivity index (χ4v) is 2.06. The van der Waals surface area contributed by atoms with Gasteiger partial charge in [0.1, 0.15) is 11.6 Å². The molecule has 0 fully saturated rings.